The van der Waals surface area contributed by atoms with Crippen molar-refractivity contribution in [1.82, 2.24) is 14.8 Å². The lowest BCUT2D eigenvalue weighted by atomic mass is 9.91. The van der Waals surface area contributed by atoms with E-state index in [1.807, 2.05) is 12.1 Å². The van der Waals surface area contributed by atoms with E-state index >= 15 is 0 Å². The van der Waals surface area contributed by atoms with Gasteiger partial charge in [-0.05, 0) is 38.1 Å². The molecule has 23 heavy (non-hydrogen) atoms. The lowest BCUT2D eigenvalue weighted by Crippen LogP contribution is -2.46. The van der Waals surface area contributed by atoms with Gasteiger partial charge >= 0.3 is 0 Å². The number of nitrogens with zero attached hydrogens (tertiary/aromatic N) is 3. The average Bonchev–Trinajstić information content (AvgIpc) is 3.00. The van der Waals surface area contributed by atoms with Gasteiger partial charge in [-0.15, -0.1) is 0 Å². The molecule has 126 valence electrons. The van der Waals surface area contributed by atoms with E-state index in [4.69, 9.17) is 4.74 Å². The minimum atomic E-state index is -0.370. The summed E-state index contributed by atoms with van der Waals surface area (Å²) in [6.07, 6.45) is 1.62. The van der Waals surface area contributed by atoms with E-state index in [-0.39, 0.29) is 18.1 Å². The Kier molecular flexibility index (Phi) is 4.94. The van der Waals surface area contributed by atoms with Crippen LogP contribution in [0.2, 0.25) is 0 Å². The number of piperidine rings is 1. The van der Waals surface area contributed by atoms with Gasteiger partial charge in [-0.2, -0.15) is 0 Å². The number of amides is 1. The SMILES string of the molecule is CN(C)C(=O)c1cccc(C2CCN([C@H]3COC[C@H]3O)CC2)n1. The highest BCUT2D eigenvalue weighted by molar-refractivity contribution is 5.91. The first-order valence-electron chi connectivity index (χ1n) is 8.24. The maximum Gasteiger partial charge on any atom is 0.271 e. The Balaban J connectivity index is 1.63. The number of carbonyl (C=O) groups is 1. The van der Waals surface area contributed by atoms with E-state index in [2.05, 4.69) is 9.88 Å². The van der Waals surface area contributed by atoms with E-state index in [9.17, 15) is 9.90 Å². The molecule has 0 aromatic carbocycles. The van der Waals surface area contributed by atoms with Gasteiger partial charge in [-0.3, -0.25) is 9.69 Å². The number of aliphatic hydroxyl groups is 1. The van der Waals surface area contributed by atoms with Gasteiger partial charge in [0.25, 0.3) is 5.91 Å². The van der Waals surface area contributed by atoms with Crippen LogP contribution in [0.5, 0.6) is 0 Å². The Morgan fingerprint density at radius 3 is 2.65 bits per heavy atom. The second-order valence-corrected chi connectivity index (χ2v) is 6.63. The molecule has 0 unspecified atom stereocenters. The molecule has 2 atom stereocenters. The summed E-state index contributed by atoms with van der Waals surface area (Å²) in [5.41, 5.74) is 1.51. The highest BCUT2D eigenvalue weighted by Gasteiger charge is 2.34. The average molecular weight is 319 g/mol. The Morgan fingerprint density at radius 2 is 2.04 bits per heavy atom. The molecule has 1 N–H and O–H groups in total. The number of rotatable bonds is 3. The summed E-state index contributed by atoms with van der Waals surface area (Å²) < 4.78 is 5.35. The first-order valence-corrected chi connectivity index (χ1v) is 8.24. The van der Waals surface area contributed by atoms with Crippen LogP contribution in [0.4, 0.5) is 0 Å². The molecule has 3 heterocycles. The normalized spacial score (nSPS) is 26.4. The first kappa shape index (κ1) is 16.4. The lowest BCUT2D eigenvalue weighted by Gasteiger charge is -2.36. The summed E-state index contributed by atoms with van der Waals surface area (Å²) in [7, 11) is 3.48. The molecule has 0 radical (unpaired) electrons. The number of aromatic nitrogens is 1. The highest BCUT2D eigenvalue weighted by atomic mass is 16.5. The van der Waals surface area contributed by atoms with Crippen molar-refractivity contribution in [3.8, 4) is 0 Å². The van der Waals surface area contributed by atoms with E-state index in [1.54, 1.807) is 25.1 Å². The molecular weight excluding hydrogens is 294 g/mol. The molecule has 0 saturated carbocycles. The summed E-state index contributed by atoms with van der Waals surface area (Å²) in [5, 5.41) is 9.95. The van der Waals surface area contributed by atoms with Crippen molar-refractivity contribution >= 4 is 5.91 Å². The molecule has 1 amide bonds. The maximum absolute atomic E-state index is 12.1. The van der Waals surface area contributed by atoms with Crippen molar-refractivity contribution in [3.05, 3.63) is 29.6 Å². The molecule has 0 aliphatic carbocycles. The number of likely N-dealkylation sites (tertiary alicyclic amines) is 1. The van der Waals surface area contributed by atoms with E-state index < -0.39 is 0 Å². The number of carbonyl (C=O) groups excluding carboxylic acids is 1. The minimum absolute atomic E-state index is 0.0597. The minimum Gasteiger partial charge on any atom is -0.389 e. The highest BCUT2D eigenvalue weighted by Crippen LogP contribution is 2.29. The fourth-order valence-corrected chi connectivity index (χ4v) is 3.43. The van der Waals surface area contributed by atoms with Gasteiger partial charge in [-0.1, -0.05) is 6.07 Å². The molecular formula is C17H25N3O3. The van der Waals surface area contributed by atoms with Crippen LogP contribution in [0.1, 0.15) is 34.9 Å². The quantitative estimate of drug-likeness (QED) is 0.889. The fourth-order valence-electron chi connectivity index (χ4n) is 3.43. The number of pyridine rings is 1. The third kappa shape index (κ3) is 3.54. The summed E-state index contributed by atoms with van der Waals surface area (Å²) in [6.45, 7) is 2.93. The smallest absolute Gasteiger partial charge is 0.271 e. The van der Waals surface area contributed by atoms with Crippen LogP contribution in [0.3, 0.4) is 0 Å². The topological polar surface area (TPSA) is 65.9 Å². The summed E-state index contributed by atoms with van der Waals surface area (Å²) in [6, 6.07) is 5.83. The zero-order valence-electron chi connectivity index (χ0n) is 13.8. The Morgan fingerprint density at radius 1 is 1.30 bits per heavy atom. The number of hydrogen-bond donors (Lipinski definition) is 1. The Hall–Kier alpha value is -1.50. The van der Waals surface area contributed by atoms with Crippen molar-refractivity contribution in [2.45, 2.75) is 30.9 Å². The predicted octanol–water partition coefficient (Wildman–Crippen LogP) is 0.722. The lowest BCUT2D eigenvalue weighted by molar-refractivity contribution is 0.0659. The standard InChI is InChI=1S/C17H25N3O3/c1-19(2)17(22)14-5-3-4-13(18-14)12-6-8-20(9-7-12)15-10-23-11-16(15)21/h3-5,12,15-16,21H,6-11H2,1-2H3/t15-,16+/m0/s1. The van der Waals surface area contributed by atoms with Gasteiger partial charge in [0.2, 0.25) is 0 Å². The molecule has 1 aromatic heterocycles. The van der Waals surface area contributed by atoms with E-state index in [0.717, 1.165) is 31.6 Å². The number of aliphatic hydroxyl groups excluding tert-OH is 1. The monoisotopic (exact) mass is 319 g/mol. The molecule has 6 heteroatoms. The second kappa shape index (κ2) is 6.95. The molecule has 2 aliphatic rings. The summed E-state index contributed by atoms with van der Waals surface area (Å²) in [4.78, 5) is 20.5. The Bertz CT molecular complexity index is 556. The third-order valence-corrected chi connectivity index (χ3v) is 4.83. The zero-order valence-corrected chi connectivity index (χ0v) is 13.8. The van der Waals surface area contributed by atoms with Crippen LogP contribution in [-0.2, 0) is 4.74 Å². The van der Waals surface area contributed by atoms with Crippen LogP contribution in [0.25, 0.3) is 0 Å². The summed E-state index contributed by atoms with van der Waals surface area (Å²) >= 11 is 0. The largest absolute Gasteiger partial charge is 0.389 e. The summed E-state index contributed by atoms with van der Waals surface area (Å²) in [5.74, 6) is 0.316. The Labute approximate surface area is 137 Å². The second-order valence-electron chi connectivity index (χ2n) is 6.63. The van der Waals surface area contributed by atoms with Crippen molar-refractivity contribution in [3.63, 3.8) is 0 Å². The maximum atomic E-state index is 12.1. The molecule has 0 bridgehead atoms. The van der Waals surface area contributed by atoms with Crippen LogP contribution in [-0.4, -0.2) is 78.3 Å². The van der Waals surface area contributed by atoms with Crippen molar-refractivity contribution < 1.29 is 14.6 Å². The van der Waals surface area contributed by atoms with Gasteiger partial charge in [0, 0.05) is 25.7 Å². The molecule has 2 aliphatic heterocycles. The van der Waals surface area contributed by atoms with Gasteiger partial charge in [-0.25, -0.2) is 4.98 Å². The van der Waals surface area contributed by atoms with Crippen LogP contribution in [0, 0.1) is 0 Å². The molecule has 1 aromatic rings. The third-order valence-electron chi connectivity index (χ3n) is 4.83. The van der Waals surface area contributed by atoms with Gasteiger partial charge < -0.3 is 14.7 Å². The van der Waals surface area contributed by atoms with Crippen molar-refractivity contribution in [2.75, 3.05) is 40.4 Å². The molecule has 2 fully saturated rings. The van der Waals surface area contributed by atoms with Gasteiger partial charge in [0.05, 0.1) is 25.4 Å². The van der Waals surface area contributed by atoms with Gasteiger partial charge in [0.1, 0.15) is 5.69 Å². The van der Waals surface area contributed by atoms with E-state index in [0.29, 0.717) is 24.8 Å². The number of ether oxygens (including phenoxy) is 1. The predicted molar refractivity (Wildman–Crippen MR) is 86.4 cm³/mol. The molecule has 6 nitrogen and oxygen atoms in total. The van der Waals surface area contributed by atoms with Crippen LogP contribution >= 0.6 is 0 Å². The van der Waals surface area contributed by atoms with Crippen molar-refractivity contribution in [2.24, 2.45) is 0 Å². The molecule has 3 rings (SSSR count). The first-order chi connectivity index (χ1) is 11.1. The zero-order chi connectivity index (χ0) is 16.4. The van der Waals surface area contributed by atoms with Gasteiger partial charge in [0.15, 0.2) is 0 Å². The fraction of sp³-hybridized carbons (Fsp3) is 0.647. The van der Waals surface area contributed by atoms with Crippen molar-refractivity contribution in [1.29, 1.82) is 0 Å². The van der Waals surface area contributed by atoms with E-state index in [1.165, 1.54) is 0 Å². The number of hydrogen-bond acceptors (Lipinski definition) is 5. The molecule has 2 saturated heterocycles. The van der Waals surface area contributed by atoms with Crippen LogP contribution in [0.15, 0.2) is 18.2 Å². The van der Waals surface area contributed by atoms with Crippen LogP contribution < -0.4 is 0 Å². The molecule has 0 spiro atoms.